The number of hydrogen-bond donors (Lipinski definition) is 0. The predicted octanol–water partition coefficient (Wildman–Crippen LogP) is 5.35. The molecular formula is C26H29NO2. The summed E-state index contributed by atoms with van der Waals surface area (Å²) in [5, 5.41) is 0. The van der Waals surface area contributed by atoms with E-state index in [1.165, 1.54) is 27.8 Å². The van der Waals surface area contributed by atoms with Crippen LogP contribution in [0.4, 0.5) is 0 Å². The van der Waals surface area contributed by atoms with Gasteiger partial charge in [-0.25, -0.2) is 0 Å². The first-order valence-corrected chi connectivity index (χ1v) is 10.3. The Kier molecular flexibility index (Phi) is 5.86. The monoisotopic (exact) mass is 387 g/mol. The minimum Gasteiger partial charge on any atom is -0.493 e. The minimum absolute atomic E-state index is 0.308. The van der Waals surface area contributed by atoms with Crippen LogP contribution in [0.5, 0.6) is 11.5 Å². The Labute approximate surface area is 173 Å². The van der Waals surface area contributed by atoms with Crippen molar-refractivity contribution in [2.45, 2.75) is 32.4 Å². The molecule has 4 rings (SSSR count). The zero-order valence-electron chi connectivity index (χ0n) is 17.5. The van der Waals surface area contributed by atoms with Crippen molar-refractivity contribution in [1.82, 2.24) is 4.90 Å². The first-order valence-electron chi connectivity index (χ1n) is 10.3. The van der Waals surface area contributed by atoms with E-state index in [9.17, 15) is 0 Å². The lowest BCUT2D eigenvalue weighted by atomic mass is 9.87. The Balaban J connectivity index is 1.71. The fourth-order valence-corrected chi connectivity index (χ4v) is 4.27. The lowest BCUT2D eigenvalue weighted by Crippen LogP contribution is -2.36. The van der Waals surface area contributed by atoms with E-state index in [2.05, 4.69) is 78.6 Å². The van der Waals surface area contributed by atoms with Gasteiger partial charge in [0.15, 0.2) is 11.5 Å². The Morgan fingerprint density at radius 3 is 2.24 bits per heavy atom. The molecule has 1 atom stereocenters. The first-order chi connectivity index (χ1) is 14.2. The topological polar surface area (TPSA) is 21.7 Å². The summed E-state index contributed by atoms with van der Waals surface area (Å²) in [7, 11) is 3.42. The third kappa shape index (κ3) is 4.30. The molecule has 0 bridgehead atoms. The van der Waals surface area contributed by atoms with Crippen LogP contribution < -0.4 is 9.47 Å². The zero-order valence-corrected chi connectivity index (χ0v) is 17.5. The zero-order chi connectivity index (χ0) is 20.2. The molecule has 3 aromatic rings. The molecule has 3 heteroatoms. The Bertz CT molecular complexity index is 950. The maximum absolute atomic E-state index is 5.62. The number of nitrogens with zero attached hydrogens (tertiary/aromatic N) is 1. The summed E-state index contributed by atoms with van der Waals surface area (Å²) in [4.78, 5) is 2.60. The van der Waals surface area contributed by atoms with Crippen molar-refractivity contribution in [3.05, 3.63) is 94.5 Å². The standard InChI is InChI=1S/C26H29NO2/c1-19-9-11-21(12-10-19)18-27-14-13-22-16-25(28-2)26(29-3)17-23(22)24(27)15-20-7-5-4-6-8-20/h4-12,16-17,24H,13-15,18H2,1-3H3. The van der Waals surface area contributed by atoms with Crippen LogP contribution in [0, 0.1) is 6.92 Å². The molecule has 3 aromatic carbocycles. The quantitative estimate of drug-likeness (QED) is 0.569. The average Bonchev–Trinajstić information content (AvgIpc) is 2.76. The second-order valence-electron chi connectivity index (χ2n) is 7.82. The molecule has 0 aliphatic carbocycles. The van der Waals surface area contributed by atoms with Crippen LogP contribution in [0.1, 0.15) is 33.9 Å². The van der Waals surface area contributed by atoms with Gasteiger partial charge in [-0.15, -0.1) is 0 Å². The van der Waals surface area contributed by atoms with Gasteiger partial charge in [-0.05, 0) is 54.2 Å². The van der Waals surface area contributed by atoms with E-state index in [1.54, 1.807) is 14.2 Å². The summed E-state index contributed by atoms with van der Waals surface area (Å²) in [6, 6.07) is 24.3. The molecule has 1 aliphatic rings. The van der Waals surface area contributed by atoms with Gasteiger partial charge in [-0.3, -0.25) is 4.90 Å². The minimum atomic E-state index is 0.308. The van der Waals surface area contributed by atoms with Crippen molar-refractivity contribution < 1.29 is 9.47 Å². The van der Waals surface area contributed by atoms with E-state index in [1.807, 2.05) is 0 Å². The second-order valence-corrected chi connectivity index (χ2v) is 7.82. The van der Waals surface area contributed by atoms with Crippen LogP contribution in [-0.2, 0) is 19.4 Å². The van der Waals surface area contributed by atoms with Gasteiger partial charge in [0.1, 0.15) is 0 Å². The third-order valence-corrected chi connectivity index (χ3v) is 5.89. The Hall–Kier alpha value is -2.78. The fourth-order valence-electron chi connectivity index (χ4n) is 4.27. The van der Waals surface area contributed by atoms with Crippen molar-refractivity contribution in [3.63, 3.8) is 0 Å². The van der Waals surface area contributed by atoms with Gasteiger partial charge < -0.3 is 9.47 Å². The van der Waals surface area contributed by atoms with E-state index in [0.29, 0.717) is 6.04 Å². The molecule has 1 unspecified atom stereocenters. The molecule has 3 nitrogen and oxygen atoms in total. The fraction of sp³-hybridized carbons (Fsp3) is 0.308. The molecule has 29 heavy (non-hydrogen) atoms. The van der Waals surface area contributed by atoms with Gasteiger partial charge in [0.05, 0.1) is 14.2 Å². The maximum atomic E-state index is 5.62. The van der Waals surface area contributed by atoms with E-state index < -0.39 is 0 Å². The Morgan fingerprint density at radius 1 is 0.862 bits per heavy atom. The molecule has 0 radical (unpaired) electrons. The summed E-state index contributed by atoms with van der Waals surface area (Å²) >= 11 is 0. The number of rotatable bonds is 6. The first kappa shape index (κ1) is 19.5. The molecule has 150 valence electrons. The number of hydrogen-bond acceptors (Lipinski definition) is 3. The highest BCUT2D eigenvalue weighted by atomic mass is 16.5. The number of aryl methyl sites for hydroxylation is 1. The van der Waals surface area contributed by atoms with Crippen molar-refractivity contribution in [2.24, 2.45) is 0 Å². The molecule has 0 saturated heterocycles. The number of ether oxygens (including phenoxy) is 2. The summed E-state index contributed by atoms with van der Waals surface area (Å²) < 4.78 is 11.2. The largest absolute Gasteiger partial charge is 0.493 e. The molecule has 0 aromatic heterocycles. The molecular weight excluding hydrogens is 358 g/mol. The summed E-state index contributed by atoms with van der Waals surface area (Å²) in [6.07, 6.45) is 2.00. The van der Waals surface area contributed by atoms with Gasteiger partial charge in [0.2, 0.25) is 0 Å². The van der Waals surface area contributed by atoms with Crippen molar-refractivity contribution in [1.29, 1.82) is 0 Å². The highest BCUT2D eigenvalue weighted by molar-refractivity contribution is 5.50. The highest BCUT2D eigenvalue weighted by Gasteiger charge is 2.29. The SMILES string of the molecule is COc1cc2c(cc1OC)C(Cc1ccccc1)N(Cc1ccc(C)cc1)CC2. The van der Waals surface area contributed by atoms with Crippen molar-refractivity contribution in [3.8, 4) is 11.5 Å². The van der Waals surface area contributed by atoms with Gasteiger partial charge >= 0.3 is 0 Å². The normalized spacial score (nSPS) is 16.3. The lowest BCUT2D eigenvalue weighted by molar-refractivity contribution is 0.174. The molecule has 0 saturated carbocycles. The highest BCUT2D eigenvalue weighted by Crippen LogP contribution is 2.40. The number of fused-ring (bicyclic) bond motifs is 1. The maximum Gasteiger partial charge on any atom is 0.161 e. The third-order valence-electron chi connectivity index (χ3n) is 5.89. The van der Waals surface area contributed by atoms with E-state index >= 15 is 0 Å². The van der Waals surface area contributed by atoms with Gasteiger partial charge in [0.25, 0.3) is 0 Å². The van der Waals surface area contributed by atoms with E-state index in [-0.39, 0.29) is 0 Å². The van der Waals surface area contributed by atoms with Crippen LogP contribution in [0.3, 0.4) is 0 Å². The second kappa shape index (κ2) is 8.71. The molecule has 0 spiro atoms. The van der Waals surface area contributed by atoms with Crippen molar-refractivity contribution in [2.75, 3.05) is 20.8 Å². The molecule has 1 aliphatic heterocycles. The van der Waals surface area contributed by atoms with Crippen LogP contribution in [0.2, 0.25) is 0 Å². The molecule has 0 fully saturated rings. The van der Waals surface area contributed by atoms with Crippen LogP contribution >= 0.6 is 0 Å². The van der Waals surface area contributed by atoms with Crippen molar-refractivity contribution >= 4 is 0 Å². The van der Waals surface area contributed by atoms with Crippen LogP contribution in [0.25, 0.3) is 0 Å². The lowest BCUT2D eigenvalue weighted by Gasteiger charge is -2.38. The Morgan fingerprint density at radius 2 is 1.55 bits per heavy atom. The van der Waals surface area contributed by atoms with E-state index in [4.69, 9.17) is 9.47 Å². The van der Waals surface area contributed by atoms with Crippen LogP contribution in [0.15, 0.2) is 66.7 Å². The average molecular weight is 388 g/mol. The summed E-state index contributed by atoms with van der Waals surface area (Å²) in [5.74, 6) is 1.62. The van der Waals surface area contributed by atoms with Gasteiger partial charge in [0, 0.05) is 19.1 Å². The summed E-state index contributed by atoms with van der Waals surface area (Å²) in [6.45, 7) is 4.12. The predicted molar refractivity (Wildman–Crippen MR) is 118 cm³/mol. The molecule has 0 N–H and O–H groups in total. The molecule has 1 heterocycles. The van der Waals surface area contributed by atoms with Gasteiger partial charge in [-0.2, -0.15) is 0 Å². The molecule has 0 amide bonds. The number of benzene rings is 3. The smallest absolute Gasteiger partial charge is 0.161 e. The summed E-state index contributed by atoms with van der Waals surface area (Å²) in [5.41, 5.74) is 6.73. The van der Waals surface area contributed by atoms with Crippen LogP contribution in [-0.4, -0.2) is 25.7 Å². The number of methoxy groups -OCH3 is 2. The van der Waals surface area contributed by atoms with Gasteiger partial charge in [-0.1, -0.05) is 60.2 Å². The van der Waals surface area contributed by atoms with E-state index in [0.717, 1.165) is 37.4 Å².